The van der Waals surface area contributed by atoms with Gasteiger partial charge in [-0.3, -0.25) is 4.79 Å². The number of nitrogens with one attached hydrogen (secondary N) is 3. The molecule has 0 saturated carbocycles. The first-order chi connectivity index (χ1) is 25.5. The summed E-state index contributed by atoms with van der Waals surface area (Å²) in [5.41, 5.74) is 10.6. The summed E-state index contributed by atoms with van der Waals surface area (Å²) in [6.07, 6.45) is 8.68. The predicted molar refractivity (Wildman–Crippen MR) is 208 cm³/mol. The number of aromatic amines is 2. The van der Waals surface area contributed by atoms with Crippen LogP contribution in [0.2, 0.25) is 0 Å². The molecule has 2 unspecified atom stereocenters. The number of hydrogen-bond donors (Lipinski definition) is 3. The fourth-order valence-electron chi connectivity index (χ4n) is 7.18. The molecule has 10 heteroatoms. The summed E-state index contributed by atoms with van der Waals surface area (Å²) in [5, 5.41) is 2.72. The summed E-state index contributed by atoms with van der Waals surface area (Å²) >= 11 is 0. The Balaban J connectivity index is 1.17. The van der Waals surface area contributed by atoms with Gasteiger partial charge in [-0.2, -0.15) is 0 Å². The number of nitrogens with zero attached hydrogens (tertiary/aromatic N) is 4. The van der Waals surface area contributed by atoms with Crippen LogP contribution >= 0.6 is 0 Å². The topological polar surface area (TPSA) is 121 Å². The van der Waals surface area contributed by atoms with Gasteiger partial charge in [0.05, 0.1) is 36.6 Å². The van der Waals surface area contributed by atoms with Gasteiger partial charge in [-0.15, -0.1) is 0 Å². The van der Waals surface area contributed by atoms with Gasteiger partial charge in [-0.05, 0) is 59.1 Å². The second-order valence-electron chi connectivity index (χ2n) is 15.1. The van der Waals surface area contributed by atoms with Gasteiger partial charge in [0.15, 0.2) is 0 Å². The molecule has 272 valence electrons. The number of amides is 2. The Labute approximate surface area is 310 Å². The Morgan fingerprint density at radius 1 is 0.868 bits per heavy atom. The van der Waals surface area contributed by atoms with Crippen LogP contribution in [-0.4, -0.2) is 61.1 Å². The molecular weight excluding hydrogens is 663 g/mol. The van der Waals surface area contributed by atoms with Crippen molar-refractivity contribution < 1.29 is 14.3 Å². The smallest absolute Gasteiger partial charge is 0.407 e. The van der Waals surface area contributed by atoms with Gasteiger partial charge in [0.2, 0.25) is 5.91 Å². The van der Waals surface area contributed by atoms with Crippen LogP contribution in [-0.2, 0) is 14.9 Å². The molecule has 1 aliphatic rings. The summed E-state index contributed by atoms with van der Waals surface area (Å²) < 4.78 is 7.03. The number of likely N-dealkylation sites (tertiary alicyclic amines) is 1. The van der Waals surface area contributed by atoms with Crippen LogP contribution in [0.1, 0.15) is 64.9 Å². The number of aromatic nitrogens is 5. The third-order valence-corrected chi connectivity index (χ3v) is 10.2. The highest BCUT2D eigenvalue weighted by atomic mass is 16.5. The average molecular weight is 710 g/mol. The van der Waals surface area contributed by atoms with E-state index in [2.05, 4.69) is 131 Å². The van der Waals surface area contributed by atoms with Crippen molar-refractivity contribution in [2.24, 2.45) is 5.92 Å². The van der Waals surface area contributed by atoms with Crippen molar-refractivity contribution in [3.05, 3.63) is 115 Å². The highest BCUT2D eigenvalue weighted by Crippen LogP contribution is 2.38. The first-order valence-corrected chi connectivity index (χ1v) is 18.2. The fourth-order valence-corrected chi connectivity index (χ4v) is 7.18. The molecule has 10 nitrogen and oxygen atoms in total. The lowest BCUT2D eigenvalue weighted by Crippen LogP contribution is -2.51. The zero-order chi connectivity index (χ0) is 37.3. The Kier molecular flexibility index (Phi) is 9.79. The molecule has 0 aliphatic carbocycles. The summed E-state index contributed by atoms with van der Waals surface area (Å²) in [4.78, 5) is 43.2. The first kappa shape index (κ1) is 35.5. The molecule has 3 aromatic heterocycles. The van der Waals surface area contributed by atoms with Crippen LogP contribution in [0.3, 0.4) is 0 Å². The van der Waals surface area contributed by atoms with Crippen LogP contribution in [0.25, 0.3) is 50.6 Å². The number of H-pyrrole nitrogens is 2. The van der Waals surface area contributed by atoms with Crippen LogP contribution < -0.4 is 5.32 Å². The number of benzene rings is 3. The number of hydrogen-bond acceptors (Lipinski definition) is 5. The van der Waals surface area contributed by atoms with E-state index < -0.39 is 12.1 Å². The van der Waals surface area contributed by atoms with E-state index in [0.29, 0.717) is 6.54 Å². The number of rotatable bonds is 9. The largest absolute Gasteiger partial charge is 0.453 e. The number of alkyl carbamates (subject to hydrolysis) is 1. The lowest BCUT2D eigenvalue weighted by Gasteiger charge is -2.29. The van der Waals surface area contributed by atoms with Crippen LogP contribution in [0.15, 0.2) is 104 Å². The summed E-state index contributed by atoms with van der Waals surface area (Å²) in [6.45, 7) is 11.1. The maximum absolute atomic E-state index is 13.6. The van der Waals surface area contributed by atoms with Crippen LogP contribution in [0, 0.1) is 5.92 Å². The number of carbonyl (C=O) groups excluding carboxylic acids is 2. The lowest BCUT2D eigenvalue weighted by molar-refractivity contribution is -0.135. The van der Waals surface area contributed by atoms with Crippen molar-refractivity contribution in [3.63, 3.8) is 0 Å². The molecule has 2 amide bonds. The van der Waals surface area contributed by atoms with Gasteiger partial charge >= 0.3 is 6.09 Å². The van der Waals surface area contributed by atoms with Crippen molar-refractivity contribution >= 4 is 12.0 Å². The van der Waals surface area contributed by atoms with Crippen LogP contribution in [0.5, 0.6) is 0 Å². The van der Waals surface area contributed by atoms with E-state index in [9.17, 15) is 9.59 Å². The molecule has 1 aliphatic heterocycles. The Hall–Kier alpha value is -5.90. The van der Waals surface area contributed by atoms with E-state index >= 15 is 0 Å². The van der Waals surface area contributed by atoms with Crippen LogP contribution in [0.4, 0.5) is 4.79 Å². The molecular formula is C43H47N7O3. The van der Waals surface area contributed by atoms with Gasteiger partial charge < -0.3 is 29.5 Å². The molecule has 0 spiro atoms. The highest BCUT2D eigenvalue weighted by molar-refractivity contribution is 5.87. The molecule has 3 aromatic carbocycles. The minimum atomic E-state index is -0.679. The minimum absolute atomic E-state index is 0.0528. The molecule has 0 bridgehead atoms. The van der Waals surface area contributed by atoms with Gasteiger partial charge in [-0.25, -0.2) is 14.8 Å². The molecule has 2 atom stereocenters. The lowest BCUT2D eigenvalue weighted by atomic mass is 9.86. The average Bonchev–Trinajstić information content (AvgIpc) is 4.00. The van der Waals surface area contributed by atoms with Gasteiger partial charge in [-0.1, -0.05) is 95.3 Å². The monoisotopic (exact) mass is 709 g/mol. The van der Waals surface area contributed by atoms with E-state index in [1.54, 1.807) is 6.33 Å². The minimum Gasteiger partial charge on any atom is -0.453 e. The Bertz CT molecular complexity index is 2170. The molecule has 3 N–H and O–H groups in total. The van der Waals surface area contributed by atoms with E-state index in [4.69, 9.17) is 9.72 Å². The zero-order valence-corrected chi connectivity index (χ0v) is 31.2. The van der Waals surface area contributed by atoms with Crippen molar-refractivity contribution in [3.8, 4) is 50.6 Å². The van der Waals surface area contributed by atoms with E-state index in [0.717, 1.165) is 69.3 Å². The first-order valence-electron chi connectivity index (χ1n) is 18.2. The Morgan fingerprint density at radius 3 is 2.17 bits per heavy atom. The molecule has 1 saturated heterocycles. The number of imidazole rings is 2. The third kappa shape index (κ3) is 7.26. The normalized spacial score (nSPS) is 15.2. The standard InChI is InChI=1S/C43H47N7O3/c1-27(2)38(48-42(52)53-6)41(51)50-22-7-8-37(50)40-45-25-36(47-40)30-15-19-33(20-16-30)49-23-21-34(28-9-11-29(12-10-28)35-24-44-26-46-35)39(49)31-13-17-32(18-14-31)43(3,4)5/h9-21,23-27,37-38H,7-8,22H2,1-6H3,(H,44,46)(H,45,47)(H,48,52). The maximum atomic E-state index is 13.6. The highest BCUT2D eigenvalue weighted by Gasteiger charge is 2.37. The maximum Gasteiger partial charge on any atom is 0.407 e. The van der Waals surface area contributed by atoms with Crippen molar-refractivity contribution in [2.45, 2.75) is 65.0 Å². The summed E-state index contributed by atoms with van der Waals surface area (Å²) in [6, 6.07) is 27.2. The fraction of sp³-hybridized carbons (Fsp3) is 0.302. The van der Waals surface area contributed by atoms with E-state index in [1.807, 2.05) is 31.1 Å². The molecule has 1 fully saturated rings. The summed E-state index contributed by atoms with van der Waals surface area (Å²) in [7, 11) is 1.30. The Morgan fingerprint density at radius 2 is 1.53 bits per heavy atom. The zero-order valence-electron chi connectivity index (χ0n) is 31.2. The second kappa shape index (κ2) is 14.6. The molecule has 7 rings (SSSR count). The van der Waals surface area contributed by atoms with E-state index in [-0.39, 0.29) is 23.3 Å². The van der Waals surface area contributed by atoms with E-state index in [1.165, 1.54) is 12.7 Å². The molecule has 0 radical (unpaired) electrons. The number of ether oxygens (including phenoxy) is 1. The van der Waals surface area contributed by atoms with Gasteiger partial charge in [0.1, 0.15) is 11.9 Å². The SMILES string of the molecule is COC(=O)NC(C(=O)N1CCCC1c1nc(-c2ccc(-n3ccc(-c4ccc(-c5c[nH]cn5)cc4)c3-c3ccc(C(C)(C)C)cc3)cc2)c[nH]1)C(C)C. The third-order valence-electron chi connectivity index (χ3n) is 10.2. The van der Waals surface area contributed by atoms with Gasteiger partial charge in [0, 0.05) is 47.5 Å². The molecule has 4 heterocycles. The van der Waals surface area contributed by atoms with Crippen molar-refractivity contribution in [1.82, 2.24) is 34.7 Å². The van der Waals surface area contributed by atoms with Gasteiger partial charge in [0.25, 0.3) is 0 Å². The van der Waals surface area contributed by atoms with Crippen molar-refractivity contribution in [1.29, 1.82) is 0 Å². The predicted octanol–water partition coefficient (Wildman–Crippen LogP) is 8.93. The number of carbonyl (C=O) groups is 2. The number of methoxy groups -OCH3 is 1. The second-order valence-corrected chi connectivity index (χ2v) is 15.1. The van der Waals surface area contributed by atoms with Crippen molar-refractivity contribution in [2.75, 3.05) is 13.7 Å². The summed E-state index contributed by atoms with van der Waals surface area (Å²) in [5.74, 6) is 0.518. The molecule has 53 heavy (non-hydrogen) atoms. The quantitative estimate of drug-likeness (QED) is 0.138. The molecule has 6 aromatic rings.